The van der Waals surface area contributed by atoms with Gasteiger partial charge in [0.25, 0.3) is 11.8 Å². The highest BCUT2D eigenvalue weighted by atomic mass is 19.1. The van der Waals surface area contributed by atoms with E-state index in [1.54, 1.807) is 24.3 Å². The van der Waals surface area contributed by atoms with Gasteiger partial charge in [0.2, 0.25) is 17.8 Å². The monoisotopic (exact) mass is 891 g/mol. The summed E-state index contributed by atoms with van der Waals surface area (Å²) < 4.78 is 35.8. The van der Waals surface area contributed by atoms with E-state index in [2.05, 4.69) is 41.9 Å². The first-order valence-corrected chi connectivity index (χ1v) is 23.4. The van der Waals surface area contributed by atoms with Gasteiger partial charge in [-0.25, -0.2) is 23.7 Å². The van der Waals surface area contributed by atoms with E-state index in [1.165, 1.54) is 50.2 Å². The number of carbonyl (C=O) groups excluding carboxylic acids is 4. The number of anilines is 4. The average molecular weight is 892 g/mol. The fourth-order valence-electron chi connectivity index (χ4n) is 9.51. The van der Waals surface area contributed by atoms with Crippen LogP contribution in [-0.2, 0) is 9.59 Å². The summed E-state index contributed by atoms with van der Waals surface area (Å²) in [6.07, 6.45) is 15.9. The first kappa shape index (κ1) is 45.5. The number of nitrogens with one attached hydrogen (secondary N) is 3. The Balaban J connectivity index is 0.686. The minimum atomic E-state index is -0.972. The average Bonchev–Trinajstić information content (AvgIpc) is 3.56. The highest BCUT2D eigenvalue weighted by Crippen LogP contribution is 2.40. The molecule has 6 heterocycles. The second kappa shape index (κ2) is 20.9. The minimum absolute atomic E-state index is 0.00354. The van der Waals surface area contributed by atoms with Gasteiger partial charge >= 0.3 is 0 Å². The second-order valence-corrected chi connectivity index (χ2v) is 17.8. The van der Waals surface area contributed by atoms with Crippen LogP contribution in [0.2, 0.25) is 0 Å². The Labute approximate surface area is 378 Å². The Hall–Kier alpha value is -6.03. The van der Waals surface area contributed by atoms with Gasteiger partial charge in [-0.2, -0.15) is 0 Å². The number of pyridine rings is 1. The predicted octanol–water partition coefficient (Wildman–Crippen LogP) is 8.37. The normalized spacial score (nSPS) is 17.9. The Kier molecular flexibility index (Phi) is 14.6. The van der Waals surface area contributed by atoms with Gasteiger partial charge in [0.15, 0.2) is 17.4 Å². The molecule has 0 radical (unpaired) electrons. The lowest BCUT2D eigenvalue weighted by Gasteiger charge is -2.34. The molecular formula is C49H59F2N9O5. The summed E-state index contributed by atoms with van der Waals surface area (Å²) >= 11 is 0. The molecule has 0 aliphatic carbocycles. The lowest BCUT2D eigenvalue weighted by molar-refractivity contribution is -0.136. The van der Waals surface area contributed by atoms with Crippen molar-refractivity contribution in [1.82, 2.24) is 30.1 Å². The van der Waals surface area contributed by atoms with E-state index in [1.807, 2.05) is 31.0 Å². The molecule has 0 saturated carbocycles. The first-order chi connectivity index (χ1) is 31.5. The van der Waals surface area contributed by atoms with Crippen molar-refractivity contribution in [3.63, 3.8) is 0 Å². The van der Waals surface area contributed by atoms with E-state index in [0.29, 0.717) is 53.9 Å². The zero-order valence-corrected chi connectivity index (χ0v) is 37.3. The van der Waals surface area contributed by atoms with E-state index in [9.17, 15) is 19.2 Å². The van der Waals surface area contributed by atoms with E-state index < -0.39 is 41.3 Å². The number of carbonyl (C=O) groups is 4. The molecule has 2 aromatic carbocycles. The van der Waals surface area contributed by atoms with Crippen molar-refractivity contribution in [2.45, 2.75) is 115 Å². The Morgan fingerprint density at radius 1 is 0.831 bits per heavy atom. The molecule has 0 bridgehead atoms. The van der Waals surface area contributed by atoms with Crippen LogP contribution in [0.15, 0.2) is 54.9 Å². The van der Waals surface area contributed by atoms with Gasteiger partial charge in [-0.3, -0.25) is 29.4 Å². The smallest absolute Gasteiger partial charge is 0.264 e. The third kappa shape index (κ3) is 10.6. The van der Waals surface area contributed by atoms with Crippen molar-refractivity contribution in [2.75, 3.05) is 54.9 Å². The Bertz CT molecular complexity index is 2370. The number of rotatable bonds is 19. The molecule has 14 nitrogen and oxygen atoms in total. The number of halogens is 2. The number of benzene rings is 2. The van der Waals surface area contributed by atoms with Gasteiger partial charge in [-0.15, -0.1) is 0 Å². The van der Waals surface area contributed by atoms with E-state index in [0.717, 1.165) is 62.8 Å². The second-order valence-electron chi connectivity index (χ2n) is 17.8. The fourth-order valence-corrected chi connectivity index (χ4v) is 9.51. The lowest BCUT2D eigenvalue weighted by Crippen LogP contribution is -2.54. The molecular weight excluding hydrogens is 833 g/mol. The topological polar surface area (TPSA) is 162 Å². The summed E-state index contributed by atoms with van der Waals surface area (Å²) in [6, 6.07) is 11.2. The number of piperidine rings is 2. The number of imide groups is 2. The van der Waals surface area contributed by atoms with Crippen LogP contribution in [0.4, 0.5) is 31.9 Å². The summed E-state index contributed by atoms with van der Waals surface area (Å²) in [7, 11) is 0. The quantitative estimate of drug-likeness (QED) is 0.0610. The van der Waals surface area contributed by atoms with Crippen LogP contribution >= 0.6 is 0 Å². The lowest BCUT2D eigenvalue weighted by atomic mass is 9.90. The van der Waals surface area contributed by atoms with Gasteiger partial charge in [-0.1, -0.05) is 57.1 Å². The Morgan fingerprint density at radius 3 is 2.31 bits per heavy atom. The van der Waals surface area contributed by atoms with Crippen molar-refractivity contribution in [1.29, 1.82) is 0 Å². The number of hydrogen-bond acceptors (Lipinski definition) is 12. The van der Waals surface area contributed by atoms with Crippen molar-refractivity contribution in [3.8, 4) is 17.0 Å². The van der Waals surface area contributed by atoms with Crippen molar-refractivity contribution < 1.29 is 32.7 Å². The van der Waals surface area contributed by atoms with Gasteiger partial charge < -0.3 is 25.2 Å². The van der Waals surface area contributed by atoms with Crippen LogP contribution in [0.5, 0.6) is 5.75 Å². The van der Waals surface area contributed by atoms with Crippen LogP contribution in [0, 0.1) is 11.6 Å². The summed E-state index contributed by atoms with van der Waals surface area (Å²) in [5.74, 6) is -1.86. The SMILES string of the molecule is CC(C)N1CCOc2c(F)cc(-c3nc(Nc4ccc(C5CCN(CCCCCCCCCCCNc6cccc7c6C(=O)N(C6CCC(=O)NC6=O)C7=O)CC5)cn4)ncc3F)cc21. The summed E-state index contributed by atoms with van der Waals surface area (Å²) in [5.41, 5.74) is 3.27. The number of fused-ring (bicyclic) bond motifs is 2. The molecule has 2 fully saturated rings. The summed E-state index contributed by atoms with van der Waals surface area (Å²) in [4.78, 5) is 69.2. The van der Waals surface area contributed by atoms with Crippen LogP contribution in [0.25, 0.3) is 11.3 Å². The van der Waals surface area contributed by atoms with E-state index in [4.69, 9.17) is 4.74 Å². The molecule has 4 aromatic rings. The first-order valence-electron chi connectivity index (χ1n) is 23.4. The van der Waals surface area contributed by atoms with Crippen molar-refractivity contribution in [3.05, 3.63) is 83.2 Å². The highest BCUT2D eigenvalue weighted by Gasteiger charge is 2.45. The molecule has 4 aliphatic rings. The Morgan fingerprint density at radius 2 is 1.58 bits per heavy atom. The van der Waals surface area contributed by atoms with Gasteiger partial charge in [0.05, 0.1) is 29.6 Å². The van der Waals surface area contributed by atoms with Crippen LogP contribution in [0.1, 0.15) is 130 Å². The zero-order valence-electron chi connectivity index (χ0n) is 37.3. The molecule has 0 spiro atoms. The molecule has 4 amide bonds. The third-order valence-electron chi connectivity index (χ3n) is 13.1. The summed E-state index contributed by atoms with van der Waals surface area (Å²) in [6.45, 7) is 8.98. The standard InChI is InChI=1S/C49H59F2N9O5/c1-31(2)59-25-26-65-45-36(50)27-34(28-40(45)59)44-37(51)30-54-49(57-44)55-41-17-15-33(29-53-41)32-19-23-58(24-20-32)22-11-9-7-5-3-4-6-8-10-21-52-38-14-12-13-35-43(38)48(64)60(47(35)63)39-16-18-42(61)56-46(39)62/h12-15,17,27-32,39,52H,3-11,16,18-26H2,1-2H3,(H,56,61,62)(H,53,54,55,57). The number of amides is 4. The molecule has 2 saturated heterocycles. The number of likely N-dealkylation sites (tertiary alicyclic amines) is 1. The molecule has 2 aromatic heterocycles. The fraction of sp³-hybridized carbons (Fsp3) is 0.490. The van der Waals surface area contributed by atoms with Crippen LogP contribution in [0.3, 0.4) is 0 Å². The zero-order chi connectivity index (χ0) is 45.5. The molecule has 1 atom stereocenters. The van der Waals surface area contributed by atoms with Gasteiger partial charge in [-0.05, 0) is 107 Å². The van der Waals surface area contributed by atoms with E-state index >= 15 is 8.78 Å². The predicted molar refractivity (Wildman–Crippen MR) is 244 cm³/mol. The van der Waals surface area contributed by atoms with Crippen molar-refractivity contribution >= 4 is 46.8 Å². The number of ether oxygens (including phenoxy) is 1. The number of nitrogens with zero attached hydrogens (tertiary/aromatic N) is 6. The third-order valence-corrected chi connectivity index (χ3v) is 13.1. The number of aromatic nitrogens is 3. The van der Waals surface area contributed by atoms with Gasteiger partial charge in [0.1, 0.15) is 24.2 Å². The molecule has 8 rings (SSSR count). The van der Waals surface area contributed by atoms with Crippen LogP contribution < -0.4 is 25.6 Å². The van der Waals surface area contributed by atoms with Gasteiger partial charge in [0, 0.05) is 36.5 Å². The maximum Gasteiger partial charge on any atom is 0.264 e. The maximum atomic E-state index is 15.1. The molecule has 16 heteroatoms. The minimum Gasteiger partial charge on any atom is -0.486 e. The molecule has 344 valence electrons. The van der Waals surface area contributed by atoms with Crippen molar-refractivity contribution in [2.24, 2.45) is 0 Å². The molecule has 65 heavy (non-hydrogen) atoms. The molecule has 3 N–H and O–H groups in total. The van der Waals surface area contributed by atoms with E-state index in [-0.39, 0.29) is 41.8 Å². The number of unbranched alkanes of at least 4 members (excludes halogenated alkanes) is 8. The molecule has 4 aliphatic heterocycles. The summed E-state index contributed by atoms with van der Waals surface area (Å²) in [5, 5.41) is 8.67. The maximum absolute atomic E-state index is 15.1. The largest absolute Gasteiger partial charge is 0.486 e. The van der Waals surface area contributed by atoms with Crippen LogP contribution in [-0.4, -0.2) is 99.8 Å². The highest BCUT2D eigenvalue weighted by molar-refractivity contribution is 6.25. The number of hydrogen-bond donors (Lipinski definition) is 3. The molecule has 1 unspecified atom stereocenters.